The minimum Gasteiger partial charge on any atom is -0.497 e. The molecule has 32 heavy (non-hydrogen) atoms. The van der Waals surface area contributed by atoms with Crippen molar-refractivity contribution in [2.24, 2.45) is 17.8 Å². The number of methoxy groups -OCH3 is 1. The second-order valence-electron chi connectivity index (χ2n) is 8.44. The molecule has 3 saturated carbocycles. The van der Waals surface area contributed by atoms with Crippen molar-refractivity contribution in [2.75, 3.05) is 13.7 Å². The van der Waals surface area contributed by atoms with Crippen LogP contribution in [0.5, 0.6) is 11.5 Å². The summed E-state index contributed by atoms with van der Waals surface area (Å²) in [6.45, 7) is 0.236. The molecule has 6 nitrogen and oxygen atoms in total. The first-order valence-electron chi connectivity index (χ1n) is 10.7. The van der Waals surface area contributed by atoms with Gasteiger partial charge in [-0.05, 0) is 60.9 Å². The van der Waals surface area contributed by atoms with Gasteiger partial charge in [0, 0.05) is 24.6 Å². The van der Waals surface area contributed by atoms with Crippen molar-refractivity contribution in [3.8, 4) is 11.5 Å². The van der Waals surface area contributed by atoms with Crippen LogP contribution >= 0.6 is 11.6 Å². The zero-order valence-electron chi connectivity index (χ0n) is 17.8. The van der Waals surface area contributed by atoms with Crippen molar-refractivity contribution in [3.05, 3.63) is 58.9 Å². The number of hydrogen-bond donors (Lipinski definition) is 2. The van der Waals surface area contributed by atoms with Crippen LogP contribution in [0.4, 0.5) is 4.39 Å². The van der Waals surface area contributed by atoms with E-state index in [0.29, 0.717) is 24.8 Å². The van der Waals surface area contributed by atoms with Gasteiger partial charge in [-0.2, -0.15) is 0 Å². The van der Waals surface area contributed by atoms with E-state index >= 15 is 0 Å². The third kappa shape index (κ3) is 5.15. The molecule has 2 bridgehead atoms. The van der Waals surface area contributed by atoms with Gasteiger partial charge in [0.05, 0.1) is 12.1 Å². The summed E-state index contributed by atoms with van der Waals surface area (Å²) in [6, 6.07) is 11.6. The number of amides is 2. The average molecular weight is 461 g/mol. The van der Waals surface area contributed by atoms with Gasteiger partial charge in [0.2, 0.25) is 5.91 Å². The molecular weight excluding hydrogens is 435 g/mol. The van der Waals surface area contributed by atoms with E-state index in [1.54, 1.807) is 7.11 Å². The molecule has 2 aromatic rings. The summed E-state index contributed by atoms with van der Waals surface area (Å²) in [7, 11) is 1.62. The standard InChI is InChI=1S/C24H26ClFN2O4/c1-31-17-4-2-14(3-5-17)12-27-24(30)19-11-22(16-8-15(19)9-16)28-23(29)13-32-18-6-7-20(25)21(26)10-18/h2-7,10,15-16,19,22H,8-9,11-13H2,1H3,(H,27,30)(H,28,29)/t15?,16?,19-,22+/m1/s1. The highest BCUT2D eigenvalue weighted by Crippen LogP contribution is 2.49. The fourth-order valence-electron chi connectivity index (χ4n) is 4.55. The Morgan fingerprint density at radius 2 is 1.78 bits per heavy atom. The number of nitrogens with one attached hydrogen (secondary N) is 2. The molecule has 0 saturated heterocycles. The SMILES string of the molecule is COc1ccc(CNC(=O)[C@@H]2C[C@H](NC(=O)COc3ccc(Cl)c(F)c3)C3CC2C3)cc1. The normalized spacial score (nSPS) is 23.6. The van der Waals surface area contributed by atoms with Gasteiger partial charge in [-0.1, -0.05) is 23.7 Å². The molecule has 0 heterocycles. The fourth-order valence-corrected chi connectivity index (χ4v) is 4.67. The first-order valence-corrected chi connectivity index (χ1v) is 11.1. The van der Waals surface area contributed by atoms with Gasteiger partial charge in [-0.3, -0.25) is 9.59 Å². The van der Waals surface area contributed by atoms with Gasteiger partial charge >= 0.3 is 0 Å². The molecule has 2 aromatic carbocycles. The highest BCUT2D eigenvalue weighted by atomic mass is 35.5. The number of carbonyl (C=O) groups excluding carboxylic acids is 2. The van der Waals surface area contributed by atoms with Crippen molar-refractivity contribution >= 4 is 23.4 Å². The Labute approximate surface area is 191 Å². The lowest BCUT2D eigenvalue weighted by Crippen LogP contribution is -2.56. The van der Waals surface area contributed by atoms with Crippen LogP contribution in [0.15, 0.2) is 42.5 Å². The van der Waals surface area contributed by atoms with Crippen molar-refractivity contribution in [1.82, 2.24) is 10.6 Å². The highest BCUT2D eigenvalue weighted by Gasteiger charge is 2.48. The Morgan fingerprint density at radius 1 is 1.06 bits per heavy atom. The van der Waals surface area contributed by atoms with Crippen LogP contribution in [0.25, 0.3) is 0 Å². The van der Waals surface area contributed by atoms with Gasteiger partial charge in [-0.15, -0.1) is 0 Å². The minimum absolute atomic E-state index is 0.000135. The lowest BCUT2D eigenvalue weighted by molar-refractivity contribution is -0.136. The molecule has 3 aliphatic rings. The number of carbonyl (C=O) groups is 2. The van der Waals surface area contributed by atoms with Crippen LogP contribution < -0.4 is 20.1 Å². The van der Waals surface area contributed by atoms with E-state index in [-0.39, 0.29) is 41.2 Å². The summed E-state index contributed by atoms with van der Waals surface area (Å²) >= 11 is 5.65. The smallest absolute Gasteiger partial charge is 0.258 e. The van der Waals surface area contributed by atoms with Gasteiger partial charge in [0.15, 0.2) is 6.61 Å². The number of benzene rings is 2. The maximum atomic E-state index is 13.5. The van der Waals surface area contributed by atoms with Gasteiger partial charge in [-0.25, -0.2) is 4.39 Å². The molecule has 2 atom stereocenters. The third-order valence-corrected chi connectivity index (χ3v) is 6.73. The van der Waals surface area contributed by atoms with Crippen molar-refractivity contribution in [2.45, 2.75) is 31.8 Å². The van der Waals surface area contributed by atoms with Crippen LogP contribution in [0.1, 0.15) is 24.8 Å². The summed E-state index contributed by atoms with van der Waals surface area (Å²) in [5.74, 6) is 0.807. The quantitative estimate of drug-likeness (QED) is 0.629. The van der Waals surface area contributed by atoms with E-state index in [4.69, 9.17) is 21.1 Å². The van der Waals surface area contributed by atoms with Gasteiger partial charge < -0.3 is 20.1 Å². The maximum absolute atomic E-state index is 13.5. The summed E-state index contributed by atoms with van der Waals surface area (Å²) in [5, 5.41) is 6.02. The zero-order chi connectivity index (χ0) is 22.7. The van der Waals surface area contributed by atoms with Gasteiger partial charge in [0.25, 0.3) is 5.91 Å². The molecular formula is C24H26ClFN2O4. The number of hydrogen-bond acceptors (Lipinski definition) is 4. The van der Waals surface area contributed by atoms with Crippen LogP contribution in [-0.4, -0.2) is 31.6 Å². The molecule has 5 rings (SSSR count). The lowest BCUT2D eigenvalue weighted by atomic mass is 9.57. The Kier molecular flexibility index (Phi) is 6.84. The minimum atomic E-state index is -0.596. The number of ether oxygens (including phenoxy) is 2. The highest BCUT2D eigenvalue weighted by molar-refractivity contribution is 6.30. The molecule has 0 spiro atoms. The number of rotatable bonds is 8. The predicted octanol–water partition coefficient (Wildman–Crippen LogP) is 3.71. The predicted molar refractivity (Wildman–Crippen MR) is 118 cm³/mol. The number of fused-ring (bicyclic) bond motifs is 2. The average Bonchev–Trinajstić information content (AvgIpc) is 2.77. The molecule has 170 valence electrons. The monoisotopic (exact) mass is 460 g/mol. The van der Waals surface area contributed by atoms with Crippen molar-refractivity contribution < 1.29 is 23.5 Å². The Morgan fingerprint density at radius 3 is 2.47 bits per heavy atom. The third-order valence-electron chi connectivity index (χ3n) is 6.43. The molecule has 3 fully saturated rings. The molecule has 2 N–H and O–H groups in total. The Balaban J connectivity index is 1.26. The van der Waals surface area contributed by atoms with Crippen LogP contribution in [0.2, 0.25) is 5.02 Å². The topological polar surface area (TPSA) is 76.7 Å². The summed E-state index contributed by atoms with van der Waals surface area (Å²) in [4.78, 5) is 25.2. The fraction of sp³-hybridized carbons (Fsp3) is 0.417. The van der Waals surface area contributed by atoms with Gasteiger partial charge in [0.1, 0.15) is 17.3 Å². The largest absolute Gasteiger partial charge is 0.497 e. The molecule has 0 unspecified atom stereocenters. The molecule has 0 aromatic heterocycles. The first kappa shape index (κ1) is 22.4. The van der Waals surface area contributed by atoms with E-state index < -0.39 is 5.82 Å². The van der Waals surface area contributed by atoms with E-state index in [1.807, 2.05) is 24.3 Å². The van der Waals surface area contributed by atoms with E-state index in [1.165, 1.54) is 12.1 Å². The summed E-state index contributed by atoms with van der Waals surface area (Å²) < 4.78 is 24.0. The maximum Gasteiger partial charge on any atom is 0.258 e. The van der Waals surface area contributed by atoms with E-state index in [9.17, 15) is 14.0 Å². The Hall–Kier alpha value is -2.80. The zero-order valence-corrected chi connectivity index (χ0v) is 18.5. The van der Waals surface area contributed by atoms with Crippen molar-refractivity contribution in [3.63, 3.8) is 0 Å². The first-order chi connectivity index (χ1) is 15.4. The summed E-state index contributed by atoms with van der Waals surface area (Å²) in [6.07, 6.45) is 2.49. The second kappa shape index (κ2) is 9.77. The van der Waals surface area contributed by atoms with Crippen LogP contribution in [0, 0.1) is 23.6 Å². The van der Waals surface area contributed by atoms with Crippen molar-refractivity contribution in [1.29, 1.82) is 0 Å². The van der Waals surface area contributed by atoms with Crippen LogP contribution in [-0.2, 0) is 16.1 Å². The van der Waals surface area contributed by atoms with Crippen LogP contribution in [0.3, 0.4) is 0 Å². The Bertz CT molecular complexity index is 978. The molecule has 2 amide bonds. The lowest BCUT2D eigenvalue weighted by Gasteiger charge is -2.50. The summed E-state index contributed by atoms with van der Waals surface area (Å²) in [5.41, 5.74) is 1.00. The second-order valence-corrected chi connectivity index (χ2v) is 8.85. The molecule has 3 aliphatic carbocycles. The number of halogens is 2. The molecule has 0 radical (unpaired) electrons. The molecule has 8 heteroatoms. The van der Waals surface area contributed by atoms with E-state index in [2.05, 4.69) is 10.6 Å². The van der Waals surface area contributed by atoms with E-state index in [0.717, 1.165) is 30.2 Å². The molecule has 0 aliphatic heterocycles.